The number of ether oxygens (including phenoxy) is 1. The van der Waals surface area contributed by atoms with Crippen molar-refractivity contribution in [3.8, 4) is 23.0 Å². The van der Waals surface area contributed by atoms with E-state index in [0.717, 1.165) is 11.1 Å². The molecule has 0 saturated heterocycles. The molecule has 0 spiro atoms. The van der Waals surface area contributed by atoms with Gasteiger partial charge in [0.2, 0.25) is 11.8 Å². The maximum Gasteiger partial charge on any atom is 0.322 e. The van der Waals surface area contributed by atoms with E-state index in [4.69, 9.17) is 9.15 Å². The van der Waals surface area contributed by atoms with Gasteiger partial charge in [-0.25, -0.2) is 8.42 Å². The van der Waals surface area contributed by atoms with Gasteiger partial charge in [0, 0.05) is 16.7 Å². The van der Waals surface area contributed by atoms with Crippen LogP contribution in [-0.4, -0.2) is 29.8 Å². The molecule has 0 fully saturated rings. The third-order valence-corrected chi connectivity index (χ3v) is 7.82. The smallest absolute Gasteiger partial charge is 0.322 e. The van der Waals surface area contributed by atoms with E-state index in [0.29, 0.717) is 17.1 Å². The fourth-order valence-electron chi connectivity index (χ4n) is 3.82. The number of hydrogen-bond acceptors (Lipinski definition) is 7. The van der Waals surface area contributed by atoms with E-state index in [-0.39, 0.29) is 22.7 Å². The number of carbonyl (C=O) groups excluding carboxylic acids is 1. The molecule has 3 aromatic carbocycles. The summed E-state index contributed by atoms with van der Waals surface area (Å²) < 4.78 is 36.2. The second-order valence-electron chi connectivity index (χ2n) is 8.13. The maximum atomic E-state index is 13.3. The number of anilines is 1. The van der Waals surface area contributed by atoms with E-state index < -0.39 is 21.0 Å². The van der Waals surface area contributed by atoms with Gasteiger partial charge in [0.15, 0.2) is 9.84 Å². The average molecular weight is 476 g/mol. The lowest BCUT2D eigenvalue weighted by molar-refractivity contribution is -0.117. The number of rotatable bonds is 5. The second kappa shape index (κ2) is 8.42. The molecule has 172 valence electrons. The molecular weight excluding hydrogens is 454 g/mol. The topological polar surface area (TPSA) is 111 Å². The molecule has 0 atom stereocenters. The predicted molar refractivity (Wildman–Crippen MR) is 125 cm³/mol. The van der Waals surface area contributed by atoms with Gasteiger partial charge in [0.1, 0.15) is 11.5 Å². The lowest BCUT2D eigenvalue weighted by Crippen LogP contribution is -2.25. The maximum absolute atomic E-state index is 13.3. The summed E-state index contributed by atoms with van der Waals surface area (Å²) in [6, 6.07) is 20.9. The first-order valence-electron chi connectivity index (χ1n) is 10.7. The van der Waals surface area contributed by atoms with Crippen molar-refractivity contribution in [3.05, 3.63) is 83.9 Å². The minimum atomic E-state index is -3.38. The molecular formula is C25H21N3O5S. The number of para-hydroxylation sites is 2. The SMILES string of the molecule is CC(C)S(=O)(=O)c1ccc(-c2nnc(NC(=O)C3c4ccccc4Oc4ccccc43)o2)cc1. The molecule has 5 rings (SSSR count). The van der Waals surface area contributed by atoms with Crippen LogP contribution in [0.15, 0.2) is 82.1 Å². The molecule has 0 aliphatic carbocycles. The molecule has 0 radical (unpaired) electrons. The molecule has 4 aromatic rings. The first-order chi connectivity index (χ1) is 16.3. The highest BCUT2D eigenvalue weighted by atomic mass is 32.2. The minimum Gasteiger partial charge on any atom is -0.457 e. The molecule has 1 amide bonds. The molecule has 0 unspecified atom stereocenters. The largest absolute Gasteiger partial charge is 0.457 e. The standard InChI is InChI=1S/C25H21N3O5S/c1-15(2)34(30,31)17-13-11-16(12-14-17)24-27-28-25(33-24)26-23(29)22-18-7-3-5-9-20(18)32-21-10-6-4-8-19(21)22/h3-15,22H,1-2H3,(H,26,28,29). The highest BCUT2D eigenvalue weighted by molar-refractivity contribution is 7.92. The van der Waals surface area contributed by atoms with Crippen LogP contribution in [0.25, 0.3) is 11.5 Å². The van der Waals surface area contributed by atoms with Crippen molar-refractivity contribution in [2.24, 2.45) is 0 Å². The fourth-order valence-corrected chi connectivity index (χ4v) is 4.88. The Labute approximate surface area is 196 Å². The summed E-state index contributed by atoms with van der Waals surface area (Å²) in [6.07, 6.45) is 0. The molecule has 0 saturated carbocycles. The van der Waals surface area contributed by atoms with Gasteiger partial charge >= 0.3 is 6.01 Å². The summed E-state index contributed by atoms with van der Waals surface area (Å²) in [5.74, 6) is 0.443. The van der Waals surface area contributed by atoms with Crippen LogP contribution in [0.1, 0.15) is 30.9 Å². The van der Waals surface area contributed by atoms with Crippen molar-refractivity contribution < 1.29 is 22.4 Å². The Morgan fingerprint density at radius 3 is 2.06 bits per heavy atom. The molecule has 1 aliphatic rings. The molecule has 2 heterocycles. The number of benzene rings is 3. The summed E-state index contributed by atoms with van der Waals surface area (Å²) in [4.78, 5) is 13.5. The Hall–Kier alpha value is -3.98. The van der Waals surface area contributed by atoms with Gasteiger partial charge in [-0.15, -0.1) is 5.10 Å². The Morgan fingerprint density at radius 2 is 1.47 bits per heavy atom. The molecule has 1 aromatic heterocycles. The Bertz CT molecular complexity index is 1430. The number of nitrogens with zero attached hydrogens (tertiary/aromatic N) is 2. The number of fused-ring (bicyclic) bond motifs is 2. The zero-order valence-electron chi connectivity index (χ0n) is 18.4. The van der Waals surface area contributed by atoms with Gasteiger partial charge < -0.3 is 9.15 Å². The van der Waals surface area contributed by atoms with Crippen molar-refractivity contribution in [2.75, 3.05) is 5.32 Å². The van der Waals surface area contributed by atoms with Crippen LogP contribution in [0.3, 0.4) is 0 Å². The molecule has 0 bridgehead atoms. The van der Waals surface area contributed by atoms with Crippen molar-refractivity contribution in [1.82, 2.24) is 10.2 Å². The van der Waals surface area contributed by atoms with E-state index in [1.807, 2.05) is 48.5 Å². The van der Waals surface area contributed by atoms with Gasteiger partial charge in [0.05, 0.1) is 16.1 Å². The summed E-state index contributed by atoms with van der Waals surface area (Å²) in [7, 11) is -3.38. The van der Waals surface area contributed by atoms with Gasteiger partial charge in [0.25, 0.3) is 0 Å². The van der Waals surface area contributed by atoms with Crippen LogP contribution in [0.2, 0.25) is 0 Å². The summed E-state index contributed by atoms with van der Waals surface area (Å²) in [5, 5.41) is 10.1. The van der Waals surface area contributed by atoms with Crippen LogP contribution in [0, 0.1) is 0 Å². The zero-order chi connectivity index (χ0) is 23.9. The van der Waals surface area contributed by atoms with Crippen LogP contribution in [0.4, 0.5) is 6.01 Å². The lowest BCUT2D eigenvalue weighted by Gasteiger charge is -2.26. The fraction of sp³-hybridized carbons (Fsp3) is 0.160. The molecule has 1 N–H and O–H groups in total. The number of hydrogen-bond donors (Lipinski definition) is 1. The summed E-state index contributed by atoms with van der Waals surface area (Å²) >= 11 is 0. The van der Waals surface area contributed by atoms with E-state index >= 15 is 0 Å². The zero-order valence-corrected chi connectivity index (χ0v) is 19.2. The van der Waals surface area contributed by atoms with Crippen molar-refractivity contribution in [2.45, 2.75) is 29.9 Å². The van der Waals surface area contributed by atoms with Crippen LogP contribution < -0.4 is 10.1 Å². The minimum absolute atomic E-state index is 0.0552. The van der Waals surface area contributed by atoms with Crippen molar-refractivity contribution in [3.63, 3.8) is 0 Å². The number of carbonyl (C=O) groups is 1. The van der Waals surface area contributed by atoms with E-state index in [2.05, 4.69) is 15.5 Å². The van der Waals surface area contributed by atoms with Crippen LogP contribution >= 0.6 is 0 Å². The monoisotopic (exact) mass is 475 g/mol. The number of amides is 1. The first-order valence-corrected chi connectivity index (χ1v) is 12.2. The lowest BCUT2D eigenvalue weighted by atomic mass is 9.87. The number of aromatic nitrogens is 2. The highest BCUT2D eigenvalue weighted by Crippen LogP contribution is 2.44. The molecule has 1 aliphatic heterocycles. The Kier molecular flexibility index (Phi) is 5.41. The van der Waals surface area contributed by atoms with Crippen molar-refractivity contribution >= 4 is 21.8 Å². The number of sulfone groups is 1. The highest BCUT2D eigenvalue weighted by Gasteiger charge is 2.33. The van der Waals surface area contributed by atoms with E-state index in [1.165, 1.54) is 12.1 Å². The van der Waals surface area contributed by atoms with Crippen LogP contribution in [0.5, 0.6) is 11.5 Å². The first kappa shape index (κ1) is 21.8. The van der Waals surface area contributed by atoms with Gasteiger partial charge in [-0.2, -0.15) is 0 Å². The molecule has 9 heteroatoms. The van der Waals surface area contributed by atoms with Gasteiger partial charge in [-0.05, 0) is 50.2 Å². The van der Waals surface area contributed by atoms with Crippen molar-refractivity contribution in [1.29, 1.82) is 0 Å². The van der Waals surface area contributed by atoms with Gasteiger partial charge in [-0.3, -0.25) is 10.1 Å². The Balaban J connectivity index is 1.40. The summed E-state index contributed by atoms with van der Waals surface area (Å²) in [5.41, 5.74) is 2.01. The number of nitrogens with one attached hydrogen (secondary N) is 1. The third kappa shape index (κ3) is 3.84. The molecule has 34 heavy (non-hydrogen) atoms. The predicted octanol–water partition coefficient (Wildman–Crippen LogP) is 4.80. The average Bonchev–Trinajstić information content (AvgIpc) is 3.30. The van der Waals surface area contributed by atoms with Crippen LogP contribution in [-0.2, 0) is 14.6 Å². The van der Waals surface area contributed by atoms with E-state index in [1.54, 1.807) is 26.0 Å². The second-order valence-corrected chi connectivity index (χ2v) is 10.6. The normalized spacial score (nSPS) is 13.1. The van der Waals surface area contributed by atoms with Gasteiger partial charge in [-0.1, -0.05) is 41.5 Å². The van der Waals surface area contributed by atoms with E-state index in [9.17, 15) is 13.2 Å². The third-order valence-electron chi connectivity index (χ3n) is 5.65. The molecule has 8 nitrogen and oxygen atoms in total. The quantitative estimate of drug-likeness (QED) is 0.441. The Morgan fingerprint density at radius 1 is 0.882 bits per heavy atom. The summed E-state index contributed by atoms with van der Waals surface area (Å²) in [6.45, 7) is 3.26.